The minimum absolute atomic E-state index is 0.331. The number of nitrogen functional groups attached to an aromatic ring is 1. The van der Waals surface area contributed by atoms with E-state index in [1.165, 1.54) is 0 Å². The van der Waals surface area contributed by atoms with Crippen LogP contribution in [0.4, 0.5) is 11.4 Å². The first kappa shape index (κ1) is 13.4. The zero-order valence-corrected chi connectivity index (χ0v) is 11.8. The van der Waals surface area contributed by atoms with Gasteiger partial charge in [0.2, 0.25) is 0 Å². The zero-order valence-electron chi connectivity index (χ0n) is 10.2. The van der Waals surface area contributed by atoms with Crippen molar-refractivity contribution in [3.8, 4) is 0 Å². The first-order valence-corrected chi connectivity index (χ1v) is 6.54. The van der Waals surface area contributed by atoms with Crippen molar-refractivity contribution in [1.29, 1.82) is 0 Å². The molecule has 0 aliphatic carbocycles. The van der Waals surface area contributed by atoms with Gasteiger partial charge in [-0.15, -0.1) is 0 Å². The molecule has 19 heavy (non-hydrogen) atoms. The molecule has 0 radical (unpaired) electrons. The third-order valence-corrected chi connectivity index (χ3v) is 3.57. The van der Waals surface area contributed by atoms with Gasteiger partial charge in [0.25, 0.3) is 5.91 Å². The molecule has 5 heteroatoms. The molecule has 0 aliphatic heterocycles. The Kier molecular flexibility index (Phi) is 4.06. The van der Waals surface area contributed by atoms with Gasteiger partial charge in [0.15, 0.2) is 0 Å². The Labute approximate surface area is 119 Å². The molecule has 98 valence electrons. The minimum Gasteiger partial charge on any atom is -0.396 e. The fourth-order valence-electron chi connectivity index (χ4n) is 1.77. The lowest BCUT2D eigenvalue weighted by Gasteiger charge is -2.12. The van der Waals surface area contributed by atoms with E-state index in [9.17, 15) is 4.79 Å². The van der Waals surface area contributed by atoms with Gasteiger partial charge in [0, 0.05) is 11.0 Å². The van der Waals surface area contributed by atoms with E-state index in [0.29, 0.717) is 23.5 Å². The van der Waals surface area contributed by atoms with Crippen LogP contribution in [0.25, 0.3) is 0 Å². The second-order valence-electron chi connectivity index (χ2n) is 4.08. The van der Waals surface area contributed by atoms with Crippen LogP contribution in [0.3, 0.4) is 0 Å². The summed E-state index contributed by atoms with van der Waals surface area (Å²) >= 11 is 3.48. The van der Waals surface area contributed by atoms with Crippen molar-refractivity contribution in [2.24, 2.45) is 5.73 Å². The van der Waals surface area contributed by atoms with Gasteiger partial charge < -0.3 is 16.8 Å². The van der Waals surface area contributed by atoms with Crippen molar-refractivity contribution in [3.63, 3.8) is 0 Å². The summed E-state index contributed by atoms with van der Waals surface area (Å²) in [6.07, 6.45) is 0. The number of hydrogen-bond acceptors (Lipinski definition) is 3. The third kappa shape index (κ3) is 3.06. The minimum atomic E-state index is -0.526. The Bertz CT molecular complexity index is 613. The van der Waals surface area contributed by atoms with Crippen molar-refractivity contribution in [3.05, 3.63) is 58.1 Å². The van der Waals surface area contributed by atoms with Crippen molar-refractivity contribution >= 4 is 33.2 Å². The van der Waals surface area contributed by atoms with E-state index in [4.69, 9.17) is 11.5 Å². The molecule has 2 aromatic carbocycles. The average Bonchev–Trinajstić information content (AvgIpc) is 2.39. The maximum absolute atomic E-state index is 11.2. The lowest BCUT2D eigenvalue weighted by molar-refractivity contribution is 0.100. The molecule has 0 atom stereocenters. The number of primary amides is 1. The van der Waals surface area contributed by atoms with Crippen LogP contribution in [0.15, 0.2) is 46.9 Å². The predicted molar refractivity (Wildman–Crippen MR) is 80.8 cm³/mol. The standard InChI is InChI=1S/C14H14BrN3O/c15-11-6-2-1-4-9(11)8-18-12-7-3-5-10(13(12)16)14(17)19/h1-7,18H,8,16H2,(H2,17,19). The summed E-state index contributed by atoms with van der Waals surface area (Å²) in [5.74, 6) is -0.526. The highest BCUT2D eigenvalue weighted by atomic mass is 79.9. The fraction of sp³-hybridized carbons (Fsp3) is 0.0714. The molecule has 2 aromatic rings. The molecule has 0 aromatic heterocycles. The molecule has 0 aliphatic rings. The van der Waals surface area contributed by atoms with E-state index in [1.807, 2.05) is 30.3 Å². The topological polar surface area (TPSA) is 81.1 Å². The summed E-state index contributed by atoms with van der Waals surface area (Å²) < 4.78 is 1.02. The van der Waals surface area contributed by atoms with Crippen LogP contribution in [0, 0.1) is 0 Å². The lowest BCUT2D eigenvalue weighted by Crippen LogP contribution is -2.14. The molecule has 1 amide bonds. The number of nitrogens with one attached hydrogen (secondary N) is 1. The molecule has 2 rings (SSSR count). The summed E-state index contributed by atoms with van der Waals surface area (Å²) in [6, 6.07) is 13.1. The van der Waals surface area contributed by atoms with Gasteiger partial charge in [-0.3, -0.25) is 4.79 Å². The van der Waals surface area contributed by atoms with Crippen molar-refractivity contribution in [2.75, 3.05) is 11.1 Å². The highest BCUT2D eigenvalue weighted by Gasteiger charge is 2.09. The summed E-state index contributed by atoms with van der Waals surface area (Å²) in [4.78, 5) is 11.2. The van der Waals surface area contributed by atoms with Crippen LogP contribution in [0.2, 0.25) is 0 Å². The predicted octanol–water partition coefficient (Wildman–Crippen LogP) is 2.74. The molecular weight excluding hydrogens is 306 g/mol. The number of amides is 1. The Hall–Kier alpha value is -2.01. The molecule has 5 N–H and O–H groups in total. The fourth-order valence-corrected chi connectivity index (χ4v) is 2.19. The molecule has 0 spiro atoms. The maximum Gasteiger partial charge on any atom is 0.250 e. The first-order valence-electron chi connectivity index (χ1n) is 5.75. The van der Waals surface area contributed by atoms with Gasteiger partial charge in [-0.05, 0) is 23.8 Å². The summed E-state index contributed by atoms with van der Waals surface area (Å²) in [6.45, 7) is 0.605. The van der Waals surface area contributed by atoms with Gasteiger partial charge in [-0.2, -0.15) is 0 Å². The van der Waals surface area contributed by atoms with Gasteiger partial charge in [0.05, 0.1) is 16.9 Å². The molecule has 0 heterocycles. The molecule has 0 bridgehead atoms. The van der Waals surface area contributed by atoms with Crippen LogP contribution >= 0.6 is 15.9 Å². The average molecular weight is 320 g/mol. The van der Waals surface area contributed by atoms with Gasteiger partial charge in [0.1, 0.15) is 0 Å². The highest BCUT2D eigenvalue weighted by molar-refractivity contribution is 9.10. The van der Waals surface area contributed by atoms with Crippen LogP contribution in [0.1, 0.15) is 15.9 Å². The zero-order chi connectivity index (χ0) is 13.8. The molecule has 0 fully saturated rings. The Morgan fingerprint density at radius 2 is 1.89 bits per heavy atom. The molecule has 0 unspecified atom stereocenters. The lowest BCUT2D eigenvalue weighted by atomic mass is 10.1. The van der Waals surface area contributed by atoms with Gasteiger partial charge in [-0.25, -0.2) is 0 Å². The number of para-hydroxylation sites is 1. The number of carbonyl (C=O) groups excluding carboxylic acids is 1. The van der Waals surface area contributed by atoms with E-state index in [0.717, 1.165) is 10.0 Å². The SMILES string of the molecule is NC(=O)c1cccc(NCc2ccccc2Br)c1N. The van der Waals surface area contributed by atoms with Crippen LogP contribution < -0.4 is 16.8 Å². The molecule has 0 saturated carbocycles. The highest BCUT2D eigenvalue weighted by Crippen LogP contribution is 2.24. The first-order chi connectivity index (χ1) is 9.09. The number of hydrogen-bond donors (Lipinski definition) is 3. The van der Waals surface area contributed by atoms with E-state index in [-0.39, 0.29) is 0 Å². The largest absolute Gasteiger partial charge is 0.396 e. The second kappa shape index (κ2) is 5.75. The van der Waals surface area contributed by atoms with Crippen molar-refractivity contribution in [1.82, 2.24) is 0 Å². The van der Waals surface area contributed by atoms with Gasteiger partial charge in [-0.1, -0.05) is 40.2 Å². The van der Waals surface area contributed by atoms with Gasteiger partial charge >= 0.3 is 0 Å². The Morgan fingerprint density at radius 3 is 2.58 bits per heavy atom. The number of carbonyl (C=O) groups is 1. The van der Waals surface area contributed by atoms with Crippen LogP contribution in [0.5, 0.6) is 0 Å². The molecule has 0 saturated heterocycles. The maximum atomic E-state index is 11.2. The number of anilines is 2. The van der Waals surface area contributed by atoms with Crippen molar-refractivity contribution < 1.29 is 4.79 Å². The third-order valence-electron chi connectivity index (χ3n) is 2.80. The van der Waals surface area contributed by atoms with Crippen LogP contribution in [-0.2, 0) is 6.54 Å². The number of halogens is 1. The number of nitrogens with two attached hydrogens (primary N) is 2. The molecule has 4 nitrogen and oxygen atoms in total. The summed E-state index contributed by atoms with van der Waals surface area (Å²) in [7, 11) is 0. The Balaban J connectivity index is 2.19. The van der Waals surface area contributed by atoms with E-state index >= 15 is 0 Å². The quantitative estimate of drug-likeness (QED) is 0.758. The smallest absolute Gasteiger partial charge is 0.250 e. The number of rotatable bonds is 4. The van der Waals surface area contributed by atoms with E-state index in [2.05, 4.69) is 21.2 Å². The normalized spacial score (nSPS) is 10.2. The Morgan fingerprint density at radius 1 is 1.16 bits per heavy atom. The van der Waals surface area contributed by atoms with E-state index < -0.39 is 5.91 Å². The molecular formula is C14H14BrN3O. The summed E-state index contributed by atoms with van der Waals surface area (Å²) in [5, 5.41) is 3.20. The van der Waals surface area contributed by atoms with Crippen molar-refractivity contribution in [2.45, 2.75) is 6.54 Å². The van der Waals surface area contributed by atoms with E-state index in [1.54, 1.807) is 12.1 Å². The monoisotopic (exact) mass is 319 g/mol. The number of benzene rings is 2. The summed E-state index contributed by atoms with van der Waals surface area (Å²) in [5.41, 5.74) is 13.7. The van der Waals surface area contributed by atoms with Crippen LogP contribution in [-0.4, -0.2) is 5.91 Å². The second-order valence-corrected chi connectivity index (χ2v) is 4.93.